The minimum atomic E-state index is -0.258. The maximum atomic E-state index is 12.2. The van der Waals surface area contributed by atoms with Crippen LogP contribution in [0.1, 0.15) is 5.56 Å². The van der Waals surface area contributed by atoms with Crippen LogP contribution in [0.25, 0.3) is 10.9 Å². The maximum Gasteiger partial charge on any atom is 0.319 e. The second-order valence-electron chi connectivity index (χ2n) is 5.37. The zero-order valence-corrected chi connectivity index (χ0v) is 13.5. The second kappa shape index (κ2) is 7.46. The Kier molecular flexibility index (Phi) is 4.91. The summed E-state index contributed by atoms with van der Waals surface area (Å²) < 4.78 is 5.28. The summed E-state index contributed by atoms with van der Waals surface area (Å²) >= 11 is 0. The van der Waals surface area contributed by atoms with E-state index in [1.165, 1.54) is 5.56 Å². The predicted molar refractivity (Wildman–Crippen MR) is 95.5 cm³/mol. The van der Waals surface area contributed by atoms with Gasteiger partial charge in [-0.2, -0.15) is 0 Å². The van der Waals surface area contributed by atoms with Crippen molar-refractivity contribution in [1.82, 2.24) is 10.3 Å². The predicted octanol–water partition coefficient (Wildman–Crippen LogP) is 3.61. The molecular formula is C19H19N3O2. The van der Waals surface area contributed by atoms with Crippen LogP contribution in [0.2, 0.25) is 0 Å². The van der Waals surface area contributed by atoms with Gasteiger partial charge in [0.1, 0.15) is 5.75 Å². The Balaban J connectivity index is 1.66. The molecule has 3 rings (SSSR count). The van der Waals surface area contributed by atoms with Gasteiger partial charge in [-0.05, 0) is 24.1 Å². The highest BCUT2D eigenvalue weighted by molar-refractivity contribution is 6.00. The van der Waals surface area contributed by atoms with E-state index in [4.69, 9.17) is 4.74 Å². The van der Waals surface area contributed by atoms with Gasteiger partial charge in [-0.25, -0.2) is 4.79 Å². The third-order valence-corrected chi connectivity index (χ3v) is 3.70. The molecule has 0 saturated heterocycles. The van der Waals surface area contributed by atoms with Gasteiger partial charge in [0.15, 0.2) is 0 Å². The van der Waals surface area contributed by atoms with Gasteiger partial charge in [-0.3, -0.25) is 4.98 Å². The SMILES string of the molecule is COc1cc(NC(=O)NCCc2ccccc2)c2ncccc2c1. The normalized spacial score (nSPS) is 10.4. The number of methoxy groups -OCH3 is 1. The molecule has 3 aromatic rings. The van der Waals surface area contributed by atoms with Crippen molar-refractivity contribution in [3.8, 4) is 5.75 Å². The average Bonchev–Trinajstić information content (AvgIpc) is 2.62. The number of carbonyl (C=O) groups excluding carboxylic acids is 1. The van der Waals surface area contributed by atoms with Crippen molar-refractivity contribution in [3.05, 3.63) is 66.4 Å². The first-order valence-corrected chi connectivity index (χ1v) is 7.78. The third-order valence-electron chi connectivity index (χ3n) is 3.70. The fraction of sp³-hybridized carbons (Fsp3) is 0.158. The number of hydrogen-bond acceptors (Lipinski definition) is 3. The van der Waals surface area contributed by atoms with Gasteiger partial charge in [-0.1, -0.05) is 36.4 Å². The molecule has 24 heavy (non-hydrogen) atoms. The van der Waals surface area contributed by atoms with E-state index >= 15 is 0 Å². The Bertz CT molecular complexity index is 834. The molecule has 2 amide bonds. The van der Waals surface area contributed by atoms with Crippen LogP contribution in [-0.4, -0.2) is 24.7 Å². The molecule has 0 aliphatic carbocycles. The third kappa shape index (κ3) is 3.81. The number of pyridine rings is 1. The van der Waals surface area contributed by atoms with Gasteiger partial charge in [0, 0.05) is 24.2 Å². The van der Waals surface area contributed by atoms with Gasteiger partial charge in [-0.15, -0.1) is 0 Å². The Morgan fingerprint density at radius 1 is 1.12 bits per heavy atom. The van der Waals surface area contributed by atoms with Gasteiger partial charge < -0.3 is 15.4 Å². The van der Waals surface area contributed by atoms with Crippen LogP contribution in [-0.2, 0) is 6.42 Å². The van der Waals surface area contributed by atoms with Crippen LogP contribution in [0.4, 0.5) is 10.5 Å². The topological polar surface area (TPSA) is 63.2 Å². The molecule has 0 aliphatic rings. The molecule has 5 heteroatoms. The summed E-state index contributed by atoms with van der Waals surface area (Å²) in [5, 5.41) is 6.63. The molecule has 0 bridgehead atoms. The Labute approximate surface area is 140 Å². The van der Waals surface area contributed by atoms with Gasteiger partial charge in [0.2, 0.25) is 0 Å². The molecule has 1 heterocycles. The van der Waals surface area contributed by atoms with E-state index in [2.05, 4.69) is 15.6 Å². The number of aromatic nitrogens is 1. The number of benzene rings is 2. The van der Waals surface area contributed by atoms with E-state index < -0.39 is 0 Å². The molecule has 122 valence electrons. The van der Waals surface area contributed by atoms with Crippen LogP contribution in [0.15, 0.2) is 60.8 Å². The largest absolute Gasteiger partial charge is 0.497 e. The zero-order chi connectivity index (χ0) is 16.8. The van der Waals surface area contributed by atoms with Crippen molar-refractivity contribution in [1.29, 1.82) is 0 Å². The molecule has 0 radical (unpaired) electrons. The van der Waals surface area contributed by atoms with E-state index in [1.807, 2.05) is 48.5 Å². The smallest absolute Gasteiger partial charge is 0.319 e. The number of nitrogens with zero attached hydrogens (tertiary/aromatic N) is 1. The lowest BCUT2D eigenvalue weighted by Gasteiger charge is -2.11. The number of urea groups is 1. The molecule has 0 fully saturated rings. The number of nitrogens with one attached hydrogen (secondary N) is 2. The zero-order valence-electron chi connectivity index (χ0n) is 13.5. The number of amides is 2. The minimum Gasteiger partial charge on any atom is -0.497 e. The minimum absolute atomic E-state index is 0.258. The van der Waals surface area contributed by atoms with E-state index in [0.29, 0.717) is 18.0 Å². The number of ether oxygens (including phenoxy) is 1. The summed E-state index contributed by atoms with van der Waals surface area (Å²) in [6.07, 6.45) is 2.48. The van der Waals surface area contributed by atoms with Crippen molar-refractivity contribution in [2.24, 2.45) is 0 Å². The Morgan fingerprint density at radius 2 is 1.96 bits per heavy atom. The van der Waals surface area contributed by atoms with Gasteiger partial charge in [0.25, 0.3) is 0 Å². The Morgan fingerprint density at radius 3 is 2.75 bits per heavy atom. The molecule has 2 N–H and O–H groups in total. The van der Waals surface area contributed by atoms with E-state index in [1.54, 1.807) is 19.4 Å². The second-order valence-corrected chi connectivity index (χ2v) is 5.37. The molecule has 0 atom stereocenters. The van der Waals surface area contributed by atoms with Crippen molar-refractivity contribution < 1.29 is 9.53 Å². The summed E-state index contributed by atoms with van der Waals surface area (Å²) in [6, 6.07) is 17.2. The molecular weight excluding hydrogens is 302 g/mol. The molecule has 0 saturated carbocycles. The number of anilines is 1. The molecule has 0 aliphatic heterocycles. The standard InChI is InChI=1S/C19H19N3O2/c1-24-16-12-15-8-5-10-20-18(15)17(13-16)22-19(23)21-11-9-14-6-3-2-4-7-14/h2-8,10,12-13H,9,11H2,1H3,(H2,21,22,23). The summed E-state index contributed by atoms with van der Waals surface area (Å²) in [7, 11) is 1.60. The van der Waals surface area contributed by atoms with Crippen LogP contribution >= 0.6 is 0 Å². The molecule has 0 spiro atoms. The number of fused-ring (bicyclic) bond motifs is 1. The van der Waals surface area contributed by atoms with Crippen LogP contribution in [0.5, 0.6) is 5.75 Å². The summed E-state index contributed by atoms with van der Waals surface area (Å²) in [6.45, 7) is 0.561. The van der Waals surface area contributed by atoms with E-state index in [9.17, 15) is 4.79 Å². The van der Waals surface area contributed by atoms with Crippen LogP contribution < -0.4 is 15.4 Å². The van der Waals surface area contributed by atoms with Crippen molar-refractivity contribution in [3.63, 3.8) is 0 Å². The molecule has 1 aromatic heterocycles. The number of carbonyl (C=O) groups is 1. The van der Waals surface area contributed by atoms with E-state index in [0.717, 1.165) is 17.3 Å². The molecule has 5 nitrogen and oxygen atoms in total. The lowest BCUT2D eigenvalue weighted by Crippen LogP contribution is -2.30. The van der Waals surface area contributed by atoms with Crippen molar-refractivity contribution in [2.45, 2.75) is 6.42 Å². The van der Waals surface area contributed by atoms with Crippen molar-refractivity contribution in [2.75, 3.05) is 19.0 Å². The van der Waals surface area contributed by atoms with Crippen molar-refractivity contribution >= 4 is 22.6 Å². The molecule has 2 aromatic carbocycles. The van der Waals surface area contributed by atoms with Crippen LogP contribution in [0.3, 0.4) is 0 Å². The lowest BCUT2D eigenvalue weighted by atomic mass is 10.1. The molecule has 0 unspecified atom stereocenters. The number of hydrogen-bond donors (Lipinski definition) is 2. The summed E-state index contributed by atoms with van der Waals surface area (Å²) in [4.78, 5) is 16.5. The lowest BCUT2D eigenvalue weighted by molar-refractivity contribution is 0.252. The van der Waals surface area contributed by atoms with E-state index in [-0.39, 0.29) is 6.03 Å². The van der Waals surface area contributed by atoms with Gasteiger partial charge >= 0.3 is 6.03 Å². The fourth-order valence-electron chi connectivity index (χ4n) is 2.51. The monoisotopic (exact) mass is 321 g/mol. The van der Waals surface area contributed by atoms with Crippen LogP contribution in [0, 0.1) is 0 Å². The quantitative estimate of drug-likeness (QED) is 0.754. The first-order chi connectivity index (χ1) is 11.8. The maximum absolute atomic E-state index is 12.2. The summed E-state index contributed by atoms with van der Waals surface area (Å²) in [5.41, 5.74) is 2.55. The average molecular weight is 321 g/mol. The fourth-order valence-corrected chi connectivity index (χ4v) is 2.51. The Hall–Kier alpha value is -3.08. The number of rotatable bonds is 5. The van der Waals surface area contributed by atoms with Gasteiger partial charge in [0.05, 0.1) is 18.3 Å². The first kappa shape index (κ1) is 15.8. The first-order valence-electron chi connectivity index (χ1n) is 7.78. The highest BCUT2D eigenvalue weighted by atomic mass is 16.5. The highest BCUT2D eigenvalue weighted by Crippen LogP contribution is 2.27. The highest BCUT2D eigenvalue weighted by Gasteiger charge is 2.09. The summed E-state index contributed by atoms with van der Waals surface area (Å²) in [5.74, 6) is 0.676.